The smallest absolute Gasteiger partial charge is 0.254 e. The van der Waals surface area contributed by atoms with E-state index >= 15 is 0 Å². The number of quaternary nitrogens is 1. The van der Waals surface area contributed by atoms with E-state index in [1.54, 1.807) is 4.90 Å². The Morgan fingerprint density at radius 2 is 1.89 bits per heavy atom. The molecule has 1 aromatic rings. The van der Waals surface area contributed by atoms with Gasteiger partial charge in [0.2, 0.25) is 0 Å². The molecule has 1 amide bonds. The Bertz CT molecular complexity index is 479. The molecule has 102 valence electrons. The third kappa shape index (κ3) is 3.32. The van der Waals surface area contributed by atoms with E-state index in [0.717, 1.165) is 16.0 Å². The largest absolute Gasteiger partial charge is 0.544 e. The van der Waals surface area contributed by atoms with Gasteiger partial charge in [-0.3, -0.25) is 4.79 Å². The Kier molecular flexibility index (Phi) is 4.16. The summed E-state index contributed by atoms with van der Waals surface area (Å²) in [6.45, 7) is 4.44. The zero-order chi connectivity index (χ0) is 13.8. The summed E-state index contributed by atoms with van der Waals surface area (Å²) in [6.07, 6.45) is 0. The Hall–Kier alpha value is -1.88. The first-order valence-corrected chi connectivity index (χ1v) is 6.46. The number of nitrogens with one attached hydrogen (secondary N) is 1. The number of amides is 1. The molecule has 1 aliphatic heterocycles. The molecule has 0 aliphatic carbocycles. The Morgan fingerprint density at radius 3 is 2.47 bits per heavy atom. The minimum absolute atomic E-state index is 0.0202. The molecule has 5 nitrogen and oxygen atoms in total. The molecule has 0 saturated carbocycles. The third-order valence-electron chi connectivity index (χ3n) is 3.53. The van der Waals surface area contributed by atoms with Crippen LogP contribution in [-0.4, -0.2) is 49.5 Å². The second-order valence-electron chi connectivity index (χ2n) is 4.91. The molecule has 19 heavy (non-hydrogen) atoms. The van der Waals surface area contributed by atoms with Gasteiger partial charge in [0.05, 0.1) is 32.1 Å². The first kappa shape index (κ1) is 13.5. The fourth-order valence-corrected chi connectivity index (χ4v) is 2.39. The van der Waals surface area contributed by atoms with E-state index in [-0.39, 0.29) is 12.5 Å². The predicted molar refractivity (Wildman–Crippen MR) is 67.7 cm³/mol. The van der Waals surface area contributed by atoms with Gasteiger partial charge in [0.1, 0.15) is 6.54 Å². The average molecular weight is 262 g/mol. The second-order valence-corrected chi connectivity index (χ2v) is 4.91. The van der Waals surface area contributed by atoms with Gasteiger partial charge >= 0.3 is 0 Å². The lowest BCUT2D eigenvalue weighted by Gasteiger charge is -2.32. The number of hydrogen-bond donors (Lipinski definition) is 1. The number of rotatable bonds is 3. The molecule has 2 rings (SSSR count). The van der Waals surface area contributed by atoms with E-state index in [9.17, 15) is 14.7 Å². The molecule has 1 aliphatic rings. The van der Waals surface area contributed by atoms with Crippen LogP contribution >= 0.6 is 0 Å². The van der Waals surface area contributed by atoms with E-state index in [0.29, 0.717) is 26.2 Å². The highest BCUT2D eigenvalue weighted by Gasteiger charge is 2.24. The van der Waals surface area contributed by atoms with Crippen LogP contribution in [0.25, 0.3) is 0 Å². The first-order valence-electron chi connectivity index (χ1n) is 6.46. The molecule has 0 atom stereocenters. The summed E-state index contributed by atoms with van der Waals surface area (Å²) in [7, 11) is 0. The first-order chi connectivity index (χ1) is 9.08. The maximum Gasteiger partial charge on any atom is 0.254 e. The van der Waals surface area contributed by atoms with Crippen LogP contribution in [0.1, 0.15) is 15.9 Å². The SMILES string of the molecule is Cc1ccccc1C(=O)N1CC[NH+](CC(=O)[O-])CC1. The number of piperazine rings is 1. The average Bonchev–Trinajstić information content (AvgIpc) is 2.39. The van der Waals surface area contributed by atoms with Gasteiger partial charge in [-0.15, -0.1) is 0 Å². The van der Waals surface area contributed by atoms with E-state index in [1.165, 1.54) is 0 Å². The van der Waals surface area contributed by atoms with Crippen molar-refractivity contribution in [3.8, 4) is 0 Å². The number of benzene rings is 1. The van der Waals surface area contributed by atoms with Gasteiger partial charge in [0.15, 0.2) is 0 Å². The lowest BCUT2D eigenvalue weighted by molar-refractivity contribution is -0.898. The standard InChI is InChI=1S/C14H18N2O3/c1-11-4-2-3-5-12(11)14(19)16-8-6-15(7-9-16)10-13(17)18/h2-5H,6-10H2,1H3,(H,17,18). The van der Waals surface area contributed by atoms with E-state index < -0.39 is 5.97 Å². The van der Waals surface area contributed by atoms with Crippen LogP contribution in [0.15, 0.2) is 24.3 Å². The van der Waals surface area contributed by atoms with Crippen LogP contribution in [-0.2, 0) is 4.79 Å². The summed E-state index contributed by atoms with van der Waals surface area (Å²) < 4.78 is 0. The van der Waals surface area contributed by atoms with Gasteiger partial charge in [0.25, 0.3) is 5.91 Å². The van der Waals surface area contributed by atoms with Crippen molar-refractivity contribution in [2.45, 2.75) is 6.92 Å². The molecule has 1 aromatic carbocycles. The Morgan fingerprint density at radius 1 is 1.26 bits per heavy atom. The van der Waals surface area contributed by atoms with Gasteiger partial charge in [-0.05, 0) is 18.6 Å². The fraction of sp³-hybridized carbons (Fsp3) is 0.429. The van der Waals surface area contributed by atoms with Crippen LogP contribution in [0.4, 0.5) is 0 Å². The lowest BCUT2D eigenvalue weighted by Crippen LogP contribution is -3.16. The number of carboxylic acid groups (broad SMARTS) is 1. The van der Waals surface area contributed by atoms with Crippen molar-refractivity contribution in [3.63, 3.8) is 0 Å². The molecule has 0 unspecified atom stereocenters. The van der Waals surface area contributed by atoms with E-state index in [4.69, 9.17) is 0 Å². The molecule has 1 N–H and O–H groups in total. The highest BCUT2D eigenvalue weighted by atomic mass is 16.4. The highest BCUT2D eigenvalue weighted by Crippen LogP contribution is 2.10. The molecule has 1 saturated heterocycles. The molecular weight excluding hydrogens is 244 g/mol. The minimum atomic E-state index is -1.03. The van der Waals surface area contributed by atoms with Crippen molar-refractivity contribution >= 4 is 11.9 Å². The van der Waals surface area contributed by atoms with Crippen molar-refractivity contribution in [1.82, 2.24) is 4.90 Å². The van der Waals surface area contributed by atoms with Gasteiger partial charge < -0.3 is 19.7 Å². The summed E-state index contributed by atoms with van der Waals surface area (Å²) in [6, 6.07) is 7.52. The summed E-state index contributed by atoms with van der Waals surface area (Å²) in [5, 5.41) is 10.5. The maximum absolute atomic E-state index is 12.3. The zero-order valence-corrected chi connectivity index (χ0v) is 11.0. The number of nitrogens with zero attached hydrogens (tertiary/aromatic N) is 1. The molecule has 0 aromatic heterocycles. The van der Waals surface area contributed by atoms with Crippen molar-refractivity contribution in [2.24, 2.45) is 0 Å². The maximum atomic E-state index is 12.3. The molecule has 1 fully saturated rings. The fourth-order valence-electron chi connectivity index (χ4n) is 2.39. The van der Waals surface area contributed by atoms with Crippen LogP contribution in [0.5, 0.6) is 0 Å². The number of carbonyl (C=O) groups excluding carboxylic acids is 2. The predicted octanol–water partition coefficient (Wildman–Crippen LogP) is -1.91. The molecule has 0 radical (unpaired) electrons. The van der Waals surface area contributed by atoms with Crippen LogP contribution in [0.3, 0.4) is 0 Å². The Balaban J connectivity index is 1.96. The summed E-state index contributed by atoms with van der Waals surface area (Å²) in [5.41, 5.74) is 1.70. The van der Waals surface area contributed by atoms with Gasteiger partial charge in [0, 0.05) is 5.56 Å². The van der Waals surface area contributed by atoms with Gasteiger partial charge in [-0.25, -0.2) is 0 Å². The zero-order valence-electron chi connectivity index (χ0n) is 11.0. The second kappa shape index (κ2) is 5.84. The topological polar surface area (TPSA) is 64.9 Å². The molecule has 0 bridgehead atoms. The van der Waals surface area contributed by atoms with E-state index in [2.05, 4.69) is 0 Å². The summed E-state index contributed by atoms with van der Waals surface area (Å²) >= 11 is 0. The normalized spacial score (nSPS) is 16.4. The van der Waals surface area contributed by atoms with Crippen molar-refractivity contribution in [2.75, 3.05) is 32.7 Å². The van der Waals surface area contributed by atoms with Crippen molar-refractivity contribution in [3.05, 3.63) is 35.4 Å². The number of aryl methyl sites for hydroxylation is 1. The summed E-state index contributed by atoms with van der Waals surface area (Å²) in [4.78, 5) is 25.6. The van der Waals surface area contributed by atoms with Gasteiger partial charge in [-0.2, -0.15) is 0 Å². The monoisotopic (exact) mass is 262 g/mol. The highest BCUT2D eigenvalue weighted by molar-refractivity contribution is 5.95. The van der Waals surface area contributed by atoms with Crippen LogP contribution in [0.2, 0.25) is 0 Å². The number of aliphatic carboxylic acids is 1. The summed E-state index contributed by atoms with van der Waals surface area (Å²) in [5.74, 6) is -1.00. The molecular formula is C14H18N2O3. The number of carbonyl (C=O) groups is 2. The Labute approximate surface area is 112 Å². The quantitative estimate of drug-likeness (QED) is 0.691. The van der Waals surface area contributed by atoms with Gasteiger partial charge in [-0.1, -0.05) is 18.2 Å². The molecule has 5 heteroatoms. The van der Waals surface area contributed by atoms with Crippen molar-refractivity contribution < 1.29 is 19.6 Å². The lowest BCUT2D eigenvalue weighted by atomic mass is 10.1. The number of hydrogen-bond acceptors (Lipinski definition) is 3. The molecule has 1 heterocycles. The minimum Gasteiger partial charge on any atom is -0.544 e. The molecule has 0 spiro atoms. The van der Waals surface area contributed by atoms with E-state index in [1.807, 2.05) is 31.2 Å². The van der Waals surface area contributed by atoms with Crippen LogP contribution in [0, 0.1) is 6.92 Å². The van der Waals surface area contributed by atoms with Crippen molar-refractivity contribution in [1.29, 1.82) is 0 Å². The number of carboxylic acids is 1. The van der Waals surface area contributed by atoms with Crippen LogP contribution < -0.4 is 10.0 Å². The third-order valence-corrected chi connectivity index (χ3v) is 3.53.